The van der Waals surface area contributed by atoms with E-state index in [1.54, 1.807) is 6.20 Å². The van der Waals surface area contributed by atoms with Crippen molar-refractivity contribution >= 4 is 11.3 Å². The molecule has 0 bridgehead atoms. The number of halogens is 2. The summed E-state index contributed by atoms with van der Waals surface area (Å²) in [6, 6.07) is 7.70. The Labute approximate surface area is 174 Å². The highest BCUT2D eigenvalue weighted by Gasteiger charge is 2.09. The topological polar surface area (TPSA) is 35.0 Å². The molecular formula is C23H26F2N2OS. The van der Waals surface area contributed by atoms with Gasteiger partial charge in [0.25, 0.3) is 0 Å². The number of rotatable bonds is 11. The lowest BCUT2D eigenvalue weighted by molar-refractivity contribution is 0.293. The minimum absolute atomic E-state index is 0.572. The van der Waals surface area contributed by atoms with Crippen LogP contribution in [0.1, 0.15) is 56.0 Å². The third-order valence-corrected chi connectivity index (χ3v) is 5.52. The molecule has 1 aromatic carbocycles. The number of ether oxygens (including phenoxy) is 1. The molecule has 0 radical (unpaired) electrons. The van der Waals surface area contributed by atoms with E-state index in [2.05, 4.69) is 16.9 Å². The summed E-state index contributed by atoms with van der Waals surface area (Å²) < 4.78 is 32.2. The van der Waals surface area contributed by atoms with E-state index in [-0.39, 0.29) is 0 Å². The van der Waals surface area contributed by atoms with Crippen molar-refractivity contribution in [2.75, 3.05) is 6.61 Å². The van der Waals surface area contributed by atoms with Crippen molar-refractivity contribution in [2.24, 2.45) is 0 Å². The zero-order chi connectivity index (χ0) is 20.5. The zero-order valence-corrected chi connectivity index (χ0v) is 17.5. The normalized spacial score (nSPS) is 11.0. The molecule has 0 aliphatic carbocycles. The maximum Gasteiger partial charge on any atom is 0.213 e. The Bertz CT molecular complexity index is 896. The molecule has 2 aromatic heterocycles. The number of benzene rings is 1. The second kappa shape index (κ2) is 11.0. The first kappa shape index (κ1) is 21.4. The fraction of sp³-hybridized carbons (Fsp3) is 0.391. The van der Waals surface area contributed by atoms with Crippen LogP contribution in [-0.2, 0) is 6.42 Å². The maximum absolute atomic E-state index is 13.4. The lowest BCUT2D eigenvalue weighted by Crippen LogP contribution is -1.99. The first-order chi connectivity index (χ1) is 14.2. The van der Waals surface area contributed by atoms with E-state index in [1.807, 2.05) is 17.5 Å². The van der Waals surface area contributed by atoms with Crippen LogP contribution in [-0.4, -0.2) is 16.6 Å². The van der Waals surface area contributed by atoms with Crippen LogP contribution in [0.5, 0.6) is 5.88 Å². The molecule has 0 saturated heterocycles. The number of thiazole rings is 1. The Morgan fingerprint density at radius 2 is 1.79 bits per heavy atom. The fourth-order valence-electron chi connectivity index (χ4n) is 3.01. The monoisotopic (exact) mass is 416 g/mol. The third kappa shape index (κ3) is 6.60. The second-order valence-corrected chi connectivity index (χ2v) is 8.00. The van der Waals surface area contributed by atoms with Crippen LogP contribution in [0, 0.1) is 11.6 Å². The van der Waals surface area contributed by atoms with Gasteiger partial charge >= 0.3 is 0 Å². The van der Waals surface area contributed by atoms with E-state index in [9.17, 15) is 8.78 Å². The van der Waals surface area contributed by atoms with E-state index < -0.39 is 11.6 Å². The molecule has 0 aliphatic heterocycles. The molecule has 0 atom stereocenters. The molecule has 2 heterocycles. The number of unbranched alkanes of at least 4 members (excludes halogenated alkanes) is 5. The van der Waals surface area contributed by atoms with Crippen LogP contribution >= 0.6 is 11.3 Å². The number of aromatic nitrogens is 2. The lowest BCUT2D eigenvalue weighted by Gasteiger charge is -2.06. The van der Waals surface area contributed by atoms with Crippen LogP contribution in [0.4, 0.5) is 8.78 Å². The molecule has 0 saturated carbocycles. The van der Waals surface area contributed by atoms with Gasteiger partial charge in [-0.25, -0.2) is 18.7 Å². The summed E-state index contributed by atoms with van der Waals surface area (Å²) in [5.41, 5.74) is 2.25. The minimum atomic E-state index is -0.863. The van der Waals surface area contributed by atoms with Crippen LogP contribution < -0.4 is 4.74 Å². The van der Waals surface area contributed by atoms with Crippen molar-refractivity contribution in [3.8, 4) is 17.1 Å². The summed E-state index contributed by atoms with van der Waals surface area (Å²) >= 11 is 1.49. The Kier molecular flexibility index (Phi) is 8.11. The largest absolute Gasteiger partial charge is 0.478 e. The average molecular weight is 417 g/mol. The summed E-state index contributed by atoms with van der Waals surface area (Å²) in [6.45, 7) is 2.92. The van der Waals surface area contributed by atoms with Crippen molar-refractivity contribution in [3.05, 3.63) is 64.1 Å². The van der Waals surface area contributed by atoms with Crippen molar-refractivity contribution in [1.82, 2.24) is 9.97 Å². The first-order valence-corrected chi connectivity index (χ1v) is 11.0. The Balaban J connectivity index is 1.47. The Morgan fingerprint density at radius 1 is 0.966 bits per heavy atom. The zero-order valence-electron chi connectivity index (χ0n) is 16.7. The van der Waals surface area contributed by atoms with Gasteiger partial charge in [0.05, 0.1) is 17.3 Å². The second-order valence-electron chi connectivity index (χ2n) is 7.05. The summed E-state index contributed by atoms with van der Waals surface area (Å²) in [5.74, 6) is -1.07. The fourth-order valence-corrected chi connectivity index (χ4v) is 3.85. The van der Waals surface area contributed by atoms with Gasteiger partial charge in [-0.05, 0) is 30.2 Å². The number of pyridine rings is 1. The van der Waals surface area contributed by atoms with Crippen LogP contribution in [0.3, 0.4) is 0 Å². The Hall–Kier alpha value is -2.34. The maximum atomic E-state index is 13.4. The van der Waals surface area contributed by atoms with Gasteiger partial charge in [0.2, 0.25) is 5.88 Å². The molecule has 0 N–H and O–H groups in total. The highest BCUT2D eigenvalue weighted by atomic mass is 32.1. The van der Waals surface area contributed by atoms with Gasteiger partial charge in [0.15, 0.2) is 11.6 Å². The quantitative estimate of drug-likeness (QED) is 0.322. The molecule has 3 rings (SSSR count). The van der Waals surface area contributed by atoms with Gasteiger partial charge < -0.3 is 4.74 Å². The molecule has 6 heteroatoms. The third-order valence-electron chi connectivity index (χ3n) is 4.67. The van der Waals surface area contributed by atoms with Crippen molar-refractivity contribution in [2.45, 2.75) is 51.9 Å². The van der Waals surface area contributed by atoms with Gasteiger partial charge in [-0.1, -0.05) is 45.1 Å². The van der Waals surface area contributed by atoms with E-state index in [1.165, 1.54) is 55.6 Å². The van der Waals surface area contributed by atoms with Gasteiger partial charge in [0, 0.05) is 29.6 Å². The standard InChI is InChI=1S/C23H26F2N2OS/c1-2-3-4-5-6-7-12-28-22-11-8-17(15-26-22)13-23-27-21(16-29-23)18-9-10-19(24)20(25)14-18/h8-11,14-16H,2-7,12-13H2,1H3. The molecule has 154 valence electrons. The SMILES string of the molecule is CCCCCCCCOc1ccc(Cc2nc(-c3ccc(F)c(F)c3)cs2)cn1. The number of hydrogen-bond acceptors (Lipinski definition) is 4. The van der Waals surface area contributed by atoms with Gasteiger partial charge in [-0.15, -0.1) is 11.3 Å². The van der Waals surface area contributed by atoms with E-state index in [4.69, 9.17) is 4.74 Å². The van der Waals surface area contributed by atoms with Gasteiger partial charge in [0.1, 0.15) is 0 Å². The molecule has 3 nitrogen and oxygen atoms in total. The van der Waals surface area contributed by atoms with Crippen molar-refractivity contribution < 1.29 is 13.5 Å². The predicted molar refractivity (Wildman–Crippen MR) is 113 cm³/mol. The smallest absolute Gasteiger partial charge is 0.213 e. The van der Waals surface area contributed by atoms with Crippen molar-refractivity contribution in [1.29, 1.82) is 0 Å². The molecule has 0 fully saturated rings. The van der Waals surface area contributed by atoms with Crippen LogP contribution in [0.15, 0.2) is 41.9 Å². The van der Waals surface area contributed by atoms with Gasteiger partial charge in [-0.3, -0.25) is 0 Å². The number of hydrogen-bond donors (Lipinski definition) is 0. The lowest BCUT2D eigenvalue weighted by atomic mass is 10.1. The summed E-state index contributed by atoms with van der Waals surface area (Å²) in [6.07, 6.45) is 9.84. The highest BCUT2D eigenvalue weighted by Crippen LogP contribution is 2.25. The van der Waals surface area contributed by atoms with E-state index >= 15 is 0 Å². The molecule has 0 spiro atoms. The molecule has 0 aliphatic rings. The van der Waals surface area contributed by atoms with Crippen LogP contribution in [0.2, 0.25) is 0 Å². The molecule has 3 aromatic rings. The molecular weight excluding hydrogens is 390 g/mol. The number of nitrogens with zero attached hydrogens (tertiary/aromatic N) is 2. The highest BCUT2D eigenvalue weighted by molar-refractivity contribution is 7.10. The first-order valence-electron chi connectivity index (χ1n) is 10.1. The molecule has 29 heavy (non-hydrogen) atoms. The summed E-state index contributed by atoms with van der Waals surface area (Å²) in [4.78, 5) is 8.90. The molecule has 0 amide bonds. The van der Waals surface area contributed by atoms with E-state index in [0.29, 0.717) is 30.2 Å². The Morgan fingerprint density at radius 3 is 2.55 bits per heavy atom. The predicted octanol–water partition coefficient (Wildman–Crippen LogP) is 6.81. The molecule has 0 unspecified atom stereocenters. The summed E-state index contributed by atoms with van der Waals surface area (Å²) in [5, 5.41) is 2.75. The van der Waals surface area contributed by atoms with E-state index in [0.717, 1.165) is 23.1 Å². The summed E-state index contributed by atoms with van der Waals surface area (Å²) in [7, 11) is 0. The minimum Gasteiger partial charge on any atom is -0.478 e. The average Bonchev–Trinajstić information content (AvgIpc) is 3.19. The van der Waals surface area contributed by atoms with Crippen molar-refractivity contribution in [3.63, 3.8) is 0 Å². The van der Waals surface area contributed by atoms with Gasteiger partial charge in [-0.2, -0.15) is 0 Å². The van der Waals surface area contributed by atoms with Crippen LogP contribution in [0.25, 0.3) is 11.3 Å².